The molecule has 1 heterocycles. The molecule has 1 saturated heterocycles. The van der Waals surface area contributed by atoms with Crippen molar-refractivity contribution in [2.24, 2.45) is 0 Å². The molecule has 7 nitrogen and oxygen atoms in total. The van der Waals surface area contributed by atoms with Crippen LogP contribution in [0.4, 0.5) is 5.69 Å². The molecule has 156 valence electrons. The van der Waals surface area contributed by atoms with Crippen LogP contribution in [0.5, 0.6) is 5.75 Å². The second kappa shape index (κ2) is 8.94. The number of anilines is 1. The van der Waals surface area contributed by atoms with Crippen LogP contribution < -0.4 is 10.1 Å². The second-order valence-electron chi connectivity index (χ2n) is 7.06. The van der Waals surface area contributed by atoms with Gasteiger partial charge in [0.25, 0.3) is 5.91 Å². The van der Waals surface area contributed by atoms with Crippen molar-refractivity contribution in [2.75, 3.05) is 31.6 Å². The zero-order chi connectivity index (χ0) is 21.0. The molecule has 3 rings (SSSR count). The summed E-state index contributed by atoms with van der Waals surface area (Å²) in [6.45, 7) is 7.03. The maximum Gasteiger partial charge on any atom is 0.265 e. The highest BCUT2D eigenvalue weighted by Gasteiger charge is 2.26. The number of rotatable bonds is 6. The fourth-order valence-corrected chi connectivity index (χ4v) is 4.38. The van der Waals surface area contributed by atoms with Crippen molar-refractivity contribution in [3.05, 3.63) is 53.6 Å². The molecule has 1 N–H and O–H groups in total. The smallest absolute Gasteiger partial charge is 0.265 e. The number of aryl methyl sites for hydroxylation is 2. The molecule has 0 aliphatic carbocycles. The fourth-order valence-electron chi connectivity index (χ4n) is 2.97. The molecule has 29 heavy (non-hydrogen) atoms. The summed E-state index contributed by atoms with van der Waals surface area (Å²) in [7, 11) is -3.56. The van der Waals surface area contributed by atoms with Crippen molar-refractivity contribution < 1.29 is 22.7 Å². The van der Waals surface area contributed by atoms with Crippen molar-refractivity contribution in [1.29, 1.82) is 0 Å². The molecule has 1 amide bonds. The zero-order valence-electron chi connectivity index (χ0n) is 16.8. The zero-order valence-corrected chi connectivity index (χ0v) is 17.7. The summed E-state index contributed by atoms with van der Waals surface area (Å²) >= 11 is 0. The molecular formula is C21H26N2O5S. The summed E-state index contributed by atoms with van der Waals surface area (Å²) in [6.07, 6.45) is -0.702. The van der Waals surface area contributed by atoms with E-state index in [4.69, 9.17) is 9.47 Å². The predicted octanol–water partition coefficient (Wildman–Crippen LogP) is 2.73. The van der Waals surface area contributed by atoms with Gasteiger partial charge in [0.2, 0.25) is 10.0 Å². The van der Waals surface area contributed by atoms with Crippen LogP contribution in [0.1, 0.15) is 18.1 Å². The Labute approximate surface area is 171 Å². The number of amides is 1. The van der Waals surface area contributed by atoms with E-state index in [9.17, 15) is 13.2 Å². The van der Waals surface area contributed by atoms with Gasteiger partial charge in [-0.3, -0.25) is 4.79 Å². The molecule has 2 aromatic rings. The fraction of sp³-hybridized carbons (Fsp3) is 0.381. The van der Waals surface area contributed by atoms with E-state index in [1.54, 1.807) is 19.1 Å². The standard InChI is InChI=1S/C21H26N2O5S/c1-15-4-5-16(2)20(14-15)28-17(3)21(24)22-18-6-8-19(9-7-18)29(25,26)23-10-12-27-13-11-23/h4-9,14,17H,10-13H2,1-3H3,(H,22,24). The number of nitrogens with one attached hydrogen (secondary N) is 1. The largest absolute Gasteiger partial charge is 0.481 e. The van der Waals surface area contributed by atoms with Crippen molar-refractivity contribution in [3.63, 3.8) is 0 Å². The molecule has 1 aliphatic rings. The number of hydrogen-bond acceptors (Lipinski definition) is 5. The topological polar surface area (TPSA) is 84.9 Å². The van der Waals surface area contributed by atoms with Crippen molar-refractivity contribution in [3.8, 4) is 5.75 Å². The Morgan fingerprint density at radius 1 is 1.10 bits per heavy atom. The van der Waals surface area contributed by atoms with Crippen molar-refractivity contribution in [2.45, 2.75) is 31.8 Å². The van der Waals surface area contributed by atoms with E-state index in [1.807, 2.05) is 32.0 Å². The molecule has 2 aromatic carbocycles. The van der Waals surface area contributed by atoms with Crippen LogP contribution >= 0.6 is 0 Å². The highest BCUT2D eigenvalue weighted by molar-refractivity contribution is 7.89. The van der Waals surface area contributed by atoms with Crippen molar-refractivity contribution in [1.82, 2.24) is 4.31 Å². The van der Waals surface area contributed by atoms with E-state index >= 15 is 0 Å². The van der Waals surface area contributed by atoms with Gasteiger partial charge in [-0.05, 0) is 62.2 Å². The third-order valence-corrected chi connectivity index (χ3v) is 6.66. The van der Waals surface area contributed by atoms with Crippen LogP contribution in [0, 0.1) is 13.8 Å². The van der Waals surface area contributed by atoms with Gasteiger partial charge in [-0.25, -0.2) is 8.42 Å². The van der Waals surface area contributed by atoms with Gasteiger partial charge in [-0.15, -0.1) is 0 Å². The summed E-state index contributed by atoms with van der Waals surface area (Å²) in [4.78, 5) is 12.7. The van der Waals surface area contributed by atoms with Crippen LogP contribution in [-0.4, -0.2) is 51.0 Å². The summed E-state index contributed by atoms with van der Waals surface area (Å²) in [5.74, 6) is 0.356. The predicted molar refractivity (Wildman–Crippen MR) is 111 cm³/mol. The number of sulfonamides is 1. The number of carbonyl (C=O) groups excluding carboxylic acids is 1. The Morgan fingerprint density at radius 3 is 2.41 bits per heavy atom. The maximum atomic E-state index is 12.7. The van der Waals surface area contributed by atoms with Crippen LogP contribution in [-0.2, 0) is 19.6 Å². The van der Waals surface area contributed by atoms with Gasteiger partial charge in [0.1, 0.15) is 5.75 Å². The third kappa shape index (κ3) is 5.14. The molecule has 1 atom stereocenters. The summed E-state index contributed by atoms with van der Waals surface area (Å²) in [6, 6.07) is 12.0. The first-order valence-electron chi connectivity index (χ1n) is 9.50. The van der Waals surface area contributed by atoms with Gasteiger partial charge in [-0.1, -0.05) is 12.1 Å². The molecule has 1 unspecified atom stereocenters. The van der Waals surface area contributed by atoms with E-state index in [1.165, 1.54) is 16.4 Å². The van der Waals surface area contributed by atoms with Gasteiger partial charge in [0, 0.05) is 18.8 Å². The minimum absolute atomic E-state index is 0.192. The van der Waals surface area contributed by atoms with Gasteiger partial charge in [0.15, 0.2) is 6.10 Å². The second-order valence-corrected chi connectivity index (χ2v) is 9.00. The first-order valence-corrected chi connectivity index (χ1v) is 10.9. The number of morpholine rings is 1. The minimum atomic E-state index is -3.56. The average Bonchev–Trinajstić information content (AvgIpc) is 2.71. The van der Waals surface area contributed by atoms with Gasteiger partial charge in [0.05, 0.1) is 18.1 Å². The first-order chi connectivity index (χ1) is 13.8. The normalized spacial score (nSPS) is 16.2. The van der Waals surface area contributed by atoms with E-state index in [-0.39, 0.29) is 10.8 Å². The SMILES string of the molecule is Cc1ccc(C)c(OC(C)C(=O)Nc2ccc(S(=O)(=O)N3CCOCC3)cc2)c1. The molecule has 0 aromatic heterocycles. The van der Waals surface area contributed by atoms with Crippen LogP contribution in [0.2, 0.25) is 0 Å². The Kier molecular flexibility index (Phi) is 6.56. The molecule has 0 radical (unpaired) electrons. The van der Waals surface area contributed by atoms with E-state index < -0.39 is 16.1 Å². The summed E-state index contributed by atoms with van der Waals surface area (Å²) in [5.41, 5.74) is 2.51. The van der Waals surface area contributed by atoms with Crippen LogP contribution in [0.25, 0.3) is 0 Å². The first kappa shape index (κ1) is 21.3. The molecule has 0 bridgehead atoms. The molecule has 8 heteroatoms. The molecule has 1 aliphatic heterocycles. The third-order valence-electron chi connectivity index (χ3n) is 4.75. The number of nitrogens with zero attached hydrogens (tertiary/aromatic N) is 1. The Hall–Kier alpha value is -2.42. The van der Waals surface area contributed by atoms with E-state index in [0.29, 0.717) is 37.7 Å². The Balaban J connectivity index is 1.64. The molecule has 1 fully saturated rings. The lowest BCUT2D eigenvalue weighted by Gasteiger charge is -2.26. The Morgan fingerprint density at radius 2 is 1.76 bits per heavy atom. The van der Waals surface area contributed by atoms with Crippen LogP contribution in [0.3, 0.4) is 0 Å². The molecule has 0 spiro atoms. The average molecular weight is 419 g/mol. The highest BCUT2D eigenvalue weighted by atomic mass is 32.2. The van der Waals surface area contributed by atoms with E-state index in [2.05, 4.69) is 5.32 Å². The highest BCUT2D eigenvalue weighted by Crippen LogP contribution is 2.22. The summed E-state index contributed by atoms with van der Waals surface area (Å²) < 4.78 is 37.7. The lowest BCUT2D eigenvalue weighted by atomic mass is 10.1. The maximum absolute atomic E-state index is 12.7. The lowest BCUT2D eigenvalue weighted by Crippen LogP contribution is -2.40. The lowest BCUT2D eigenvalue weighted by molar-refractivity contribution is -0.122. The van der Waals surface area contributed by atoms with E-state index in [0.717, 1.165) is 11.1 Å². The van der Waals surface area contributed by atoms with Gasteiger partial charge in [-0.2, -0.15) is 4.31 Å². The van der Waals surface area contributed by atoms with Gasteiger partial charge >= 0.3 is 0 Å². The van der Waals surface area contributed by atoms with Crippen LogP contribution in [0.15, 0.2) is 47.4 Å². The monoisotopic (exact) mass is 418 g/mol. The Bertz CT molecular complexity index is 967. The molecule has 0 saturated carbocycles. The number of benzene rings is 2. The van der Waals surface area contributed by atoms with Gasteiger partial charge < -0.3 is 14.8 Å². The van der Waals surface area contributed by atoms with Crippen molar-refractivity contribution >= 4 is 21.6 Å². The molecular weight excluding hydrogens is 392 g/mol. The number of hydrogen-bond donors (Lipinski definition) is 1. The number of ether oxygens (including phenoxy) is 2. The number of carbonyl (C=O) groups is 1. The quantitative estimate of drug-likeness (QED) is 0.780. The summed E-state index contributed by atoms with van der Waals surface area (Å²) in [5, 5.41) is 2.76. The minimum Gasteiger partial charge on any atom is -0.481 e.